The molecule has 1 saturated heterocycles. The summed E-state index contributed by atoms with van der Waals surface area (Å²) < 4.78 is 27.7. The van der Waals surface area contributed by atoms with Crippen LogP contribution in [0, 0.1) is 5.82 Å². The molecule has 2 atom stereocenters. The molecule has 36 heavy (non-hydrogen) atoms. The van der Waals surface area contributed by atoms with Crippen molar-refractivity contribution in [2.75, 3.05) is 19.7 Å². The summed E-state index contributed by atoms with van der Waals surface area (Å²) in [6, 6.07) is 15.9. The van der Waals surface area contributed by atoms with Gasteiger partial charge in [0.2, 0.25) is 5.88 Å². The molecule has 4 rings (SSSR count). The molecule has 0 aliphatic carbocycles. The van der Waals surface area contributed by atoms with Crippen molar-refractivity contribution in [2.24, 2.45) is 0 Å². The van der Waals surface area contributed by atoms with Crippen LogP contribution in [0.5, 0.6) is 11.6 Å². The number of rotatable bonds is 13. The van der Waals surface area contributed by atoms with E-state index in [1.165, 1.54) is 12.1 Å². The van der Waals surface area contributed by atoms with Gasteiger partial charge in [0.1, 0.15) is 11.6 Å². The molecule has 1 aromatic heterocycles. The Kier molecular flexibility index (Phi) is 9.50. The van der Waals surface area contributed by atoms with Crippen LogP contribution in [-0.2, 0) is 17.7 Å². The van der Waals surface area contributed by atoms with Gasteiger partial charge < -0.3 is 14.6 Å². The number of ether oxygens (including phenoxy) is 2. The Labute approximate surface area is 213 Å². The summed E-state index contributed by atoms with van der Waals surface area (Å²) in [7, 11) is 0. The highest BCUT2D eigenvalue weighted by Crippen LogP contribution is 2.33. The second-order valence-electron chi connectivity index (χ2n) is 9.51. The number of aliphatic hydroxyl groups is 1. The Bertz CT molecular complexity index is 1070. The molecule has 7 heteroatoms. The molecule has 0 spiro atoms. The number of aryl methyl sites for hydroxylation is 1. The maximum absolute atomic E-state index is 13.6. The van der Waals surface area contributed by atoms with Gasteiger partial charge in [-0.2, -0.15) is 5.10 Å². The zero-order valence-electron chi connectivity index (χ0n) is 21.4. The fraction of sp³-hybridized carbons (Fsp3) is 0.483. The van der Waals surface area contributed by atoms with Crippen LogP contribution < -0.4 is 4.74 Å². The molecule has 0 bridgehead atoms. The van der Waals surface area contributed by atoms with E-state index in [4.69, 9.17) is 14.6 Å². The lowest BCUT2D eigenvalue weighted by Crippen LogP contribution is -2.37. The van der Waals surface area contributed by atoms with E-state index >= 15 is 0 Å². The predicted octanol–water partition coefficient (Wildman–Crippen LogP) is 5.90. The molecule has 1 aliphatic heterocycles. The first-order valence-electron chi connectivity index (χ1n) is 13.2. The molecule has 6 nitrogen and oxygen atoms in total. The van der Waals surface area contributed by atoms with Crippen LogP contribution in [0.3, 0.4) is 0 Å². The van der Waals surface area contributed by atoms with Gasteiger partial charge in [0.25, 0.3) is 0 Å². The van der Waals surface area contributed by atoms with Crippen molar-refractivity contribution in [1.82, 2.24) is 14.7 Å². The number of aliphatic hydroxyl groups excluding tert-OH is 1. The molecule has 0 unspecified atom stereocenters. The smallest absolute Gasteiger partial charge is 0.227 e. The van der Waals surface area contributed by atoms with Gasteiger partial charge in [0.15, 0.2) is 0 Å². The number of unbranched alkanes of at least 4 members (excludes halogenated alkanes) is 1. The lowest BCUT2D eigenvalue weighted by atomic mass is 10.1. The Morgan fingerprint density at radius 1 is 1.17 bits per heavy atom. The first-order valence-corrected chi connectivity index (χ1v) is 13.2. The van der Waals surface area contributed by atoms with Gasteiger partial charge in [-0.05, 0) is 62.1 Å². The second-order valence-corrected chi connectivity index (χ2v) is 9.51. The van der Waals surface area contributed by atoms with Gasteiger partial charge in [0.05, 0.1) is 29.2 Å². The fourth-order valence-electron chi connectivity index (χ4n) is 4.72. The molecular weight excluding hydrogens is 457 g/mol. The van der Waals surface area contributed by atoms with Crippen molar-refractivity contribution in [3.05, 3.63) is 71.7 Å². The Morgan fingerprint density at radius 3 is 2.61 bits per heavy atom. The van der Waals surface area contributed by atoms with Crippen molar-refractivity contribution in [3.8, 4) is 17.3 Å². The van der Waals surface area contributed by atoms with Crippen LogP contribution in [0.15, 0.2) is 54.6 Å². The normalized spacial score (nSPS) is 16.5. The molecule has 2 heterocycles. The fourth-order valence-corrected chi connectivity index (χ4v) is 4.72. The van der Waals surface area contributed by atoms with Crippen LogP contribution in [0.4, 0.5) is 4.39 Å². The third-order valence-electron chi connectivity index (χ3n) is 6.61. The average Bonchev–Trinajstić information content (AvgIpc) is 3.52. The van der Waals surface area contributed by atoms with Crippen LogP contribution >= 0.6 is 0 Å². The van der Waals surface area contributed by atoms with Gasteiger partial charge in [-0.3, -0.25) is 4.90 Å². The van der Waals surface area contributed by atoms with Gasteiger partial charge in [-0.15, -0.1) is 0 Å². The molecule has 0 saturated carbocycles. The summed E-state index contributed by atoms with van der Waals surface area (Å²) in [5.74, 6) is 0.855. The lowest BCUT2D eigenvalue weighted by molar-refractivity contribution is 0.0433. The highest BCUT2D eigenvalue weighted by molar-refractivity contribution is 5.43. The van der Waals surface area contributed by atoms with Crippen LogP contribution in [0.2, 0.25) is 0 Å². The number of aromatic nitrogens is 2. The standard InChI is InChI=1S/C29H38FN3O3/c1-3-5-12-24(34)19-32(20-26-13-9-18-35-26)21-27-28(4-2)31-33(23-10-7-6-8-11-23)29(27)36-25-16-14-22(30)15-17-25/h6-8,10-11,14-17,24,26,34H,3-5,9,12-13,18-21H2,1-2H3/t24-,26+/m1/s1. The topological polar surface area (TPSA) is 59.8 Å². The number of para-hydroxylation sites is 1. The van der Waals surface area contributed by atoms with E-state index in [9.17, 15) is 9.50 Å². The number of hydrogen-bond acceptors (Lipinski definition) is 5. The molecule has 1 fully saturated rings. The predicted molar refractivity (Wildman–Crippen MR) is 139 cm³/mol. The van der Waals surface area contributed by atoms with E-state index < -0.39 is 6.10 Å². The number of nitrogens with zero attached hydrogens (tertiary/aromatic N) is 3. The van der Waals surface area contributed by atoms with Crippen LogP contribution in [-0.4, -0.2) is 51.7 Å². The van der Waals surface area contributed by atoms with Crippen molar-refractivity contribution in [2.45, 2.75) is 71.1 Å². The minimum absolute atomic E-state index is 0.166. The molecule has 3 aromatic rings. The monoisotopic (exact) mass is 495 g/mol. The summed E-state index contributed by atoms with van der Waals surface area (Å²) >= 11 is 0. The third kappa shape index (κ3) is 6.93. The van der Waals surface area contributed by atoms with Gasteiger partial charge in [-0.25, -0.2) is 9.07 Å². The quantitative estimate of drug-likeness (QED) is 0.320. The van der Waals surface area contributed by atoms with Gasteiger partial charge in [-0.1, -0.05) is 44.9 Å². The summed E-state index contributed by atoms with van der Waals surface area (Å²) in [4.78, 5) is 2.28. The number of hydrogen-bond donors (Lipinski definition) is 1. The molecular formula is C29H38FN3O3. The molecule has 1 N–H and O–H groups in total. The van der Waals surface area contributed by atoms with E-state index in [-0.39, 0.29) is 11.9 Å². The summed E-state index contributed by atoms with van der Waals surface area (Å²) in [6.07, 6.45) is 5.44. The average molecular weight is 496 g/mol. The largest absolute Gasteiger partial charge is 0.439 e. The first kappa shape index (κ1) is 26.3. The minimum atomic E-state index is -0.401. The minimum Gasteiger partial charge on any atom is -0.439 e. The van der Waals surface area contributed by atoms with Crippen molar-refractivity contribution < 1.29 is 19.0 Å². The second kappa shape index (κ2) is 13.0. The van der Waals surface area contributed by atoms with Gasteiger partial charge in [0, 0.05) is 26.2 Å². The number of benzene rings is 2. The van der Waals surface area contributed by atoms with Crippen molar-refractivity contribution in [3.63, 3.8) is 0 Å². The molecule has 0 amide bonds. The maximum atomic E-state index is 13.6. The van der Waals surface area contributed by atoms with E-state index in [1.54, 1.807) is 12.1 Å². The third-order valence-corrected chi connectivity index (χ3v) is 6.61. The summed E-state index contributed by atoms with van der Waals surface area (Å²) in [6.45, 7) is 6.91. The Balaban J connectivity index is 1.69. The van der Waals surface area contributed by atoms with Gasteiger partial charge >= 0.3 is 0 Å². The Hall–Kier alpha value is -2.74. The van der Waals surface area contributed by atoms with E-state index in [0.717, 1.165) is 68.6 Å². The highest BCUT2D eigenvalue weighted by atomic mass is 19.1. The number of halogens is 1. The van der Waals surface area contributed by atoms with Crippen molar-refractivity contribution >= 4 is 0 Å². The lowest BCUT2D eigenvalue weighted by Gasteiger charge is -2.28. The van der Waals surface area contributed by atoms with E-state index in [2.05, 4.69) is 18.7 Å². The zero-order valence-corrected chi connectivity index (χ0v) is 21.4. The Morgan fingerprint density at radius 2 is 1.94 bits per heavy atom. The molecule has 2 aromatic carbocycles. The maximum Gasteiger partial charge on any atom is 0.227 e. The van der Waals surface area contributed by atoms with Crippen molar-refractivity contribution in [1.29, 1.82) is 0 Å². The van der Waals surface area contributed by atoms with Crippen LogP contribution in [0.1, 0.15) is 57.2 Å². The van der Waals surface area contributed by atoms with E-state index in [0.29, 0.717) is 24.7 Å². The van der Waals surface area contributed by atoms with Crippen LogP contribution in [0.25, 0.3) is 5.69 Å². The molecule has 1 aliphatic rings. The highest BCUT2D eigenvalue weighted by Gasteiger charge is 2.26. The SMILES string of the molecule is CCCC[C@@H](O)CN(Cc1c(CC)nn(-c2ccccc2)c1Oc1ccc(F)cc1)C[C@@H]1CCCO1. The zero-order chi connectivity index (χ0) is 25.3. The first-order chi connectivity index (χ1) is 17.6. The van der Waals surface area contributed by atoms with E-state index in [1.807, 2.05) is 35.0 Å². The molecule has 0 radical (unpaired) electrons. The summed E-state index contributed by atoms with van der Waals surface area (Å²) in [5.41, 5.74) is 2.81. The molecule has 194 valence electrons. The summed E-state index contributed by atoms with van der Waals surface area (Å²) in [5, 5.41) is 15.7.